The fourth-order valence-corrected chi connectivity index (χ4v) is 3.68. The summed E-state index contributed by atoms with van der Waals surface area (Å²) in [4.78, 5) is 23.2. The van der Waals surface area contributed by atoms with Crippen LogP contribution in [-0.4, -0.2) is 17.4 Å². The molecule has 136 valence electrons. The summed E-state index contributed by atoms with van der Waals surface area (Å²) in [6, 6.07) is 14.6. The number of carbonyl (C=O) groups is 1. The minimum absolute atomic E-state index is 0.00157. The lowest BCUT2D eigenvalue weighted by Gasteiger charge is -2.31. The Balaban J connectivity index is 1.71. The normalized spacial score (nSPS) is 15.4. The van der Waals surface area contributed by atoms with Crippen LogP contribution in [-0.2, 0) is 10.3 Å². The maximum Gasteiger partial charge on any atom is 0.292 e. The van der Waals surface area contributed by atoms with Gasteiger partial charge in [-0.05, 0) is 31.4 Å². The van der Waals surface area contributed by atoms with Crippen molar-refractivity contribution in [3.63, 3.8) is 0 Å². The summed E-state index contributed by atoms with van der Waals surface area (Å²) < 4.78 is 0. The summed E-state index contributed by atoms with van der Waals surface area (Å²) in [5, 5.41) is 17.2. The number of nitro groups is 1. The van der Waals surface area contributed by atoms with Crippen molar-refractivity contribution in [3.05, 3.63) is 69.8 Å². The molecule has 2 aromatic carbocycles. The predicted molar refractivity (Wildman–Crippen MR) is 101 cm³/mol. The molecule has 26 heavy (non-hydrogen) atoms. The lowest BCUT2D eigenvalue weighted by molar-refractivity contribution is -0.383. The van der Waals surface area contributed by atoms with Crippen LogP contribution in [0.15, 0.2) is 48.5 Å². The summed E-state index contributed by atoms with van der Waals surface area (Å²) in [6.07, 6.45) is 3.97. The first-order chi connectivity index (χ1) is 12.5. The number of nitro benzene ring substituents is 1. The molecule has 0 saturated heterocycles. The van der Waals surface area contributed by atoms with E-state index in [4.69, 9.17) is 0 Å². The molecular weight excluding hydrogens is 330 g/mol. The molecule has 1 aliphatic carbocycles. The monoisotopic (exact) mass is 353 g/mol. The van der Waals surface area contributed by atoms with Gasteiger partial charge < -0.3 is 10.6 Å². The number of aryl methyl sites for hydroxylation is 1. The number of hydrogen-bond acceptors (Lipinski definition) is 4. The average Bonchev–Trinajstić information content (AvgIpc) is 3.10. The maximum absolute atomic E-state index is 12.6. The summed E-state index contributed by atoms with van der Waals surface area (Å²) in [6.45, 7) is 2.04. The Hall–Kier alpha value is -2.89. The van der Waals surface area contributed by atoms with E-state index in [1.165, 1.54) is 11.6 Å². The van der Waals surface area contributed by atoms with Gasteiger partial charge in [0, 0.05) is 6.07 Å². The smallest absolute Gasteiger partial charge is 0.292 e. The van der Waals surface area contributed by atoms with Crippen molar-refractivity contribution in [2.24, 2.45) is 0 Å². The molecular formula is C20H23N3O3. The first-order valence-electron chi connectivity index (χ1n) is 8.86. The van der Waals surface area contributed by atoms with Crippen molar-refractivity contribution in [3.8, 4) is 0 Å². The molecule has 1 aliphatic rings. The Morgan fingerprint density at radius 3 is 2.58 bits per heavy atom. The fourth-order valence-electron chi connectivity index (χ4n) is 3.68. The van der Waals surface area contributed by atoms with Gasteiger partial charge in [-0.15, -0.1) is 0 Å². The Labute approximate surface area is 152 Å². The van der Waals surface area contributed by atoms with Gasteiger partial charge in [-0.3, -0.25) is 14.9 Å². The minimum Gasteiger partial charge on any atom is -0.371 e. The van der Waals surface area contributed by atoms with Gasteiger partial charge in [0.25, 0.3) is 5.69 Å². The van der Waals surface area contributed by atoms with Gasteiger partial charge in [0.15, 0.2) is 0 Å². The summed E-state index contributed by atoms with van der Waals surface area (Å²) in [5.74, 6) is -0.161. The number of carbonyl (C=O) groups excluding carboxylic acids is 1. The van der Waals surface area contributed by atoms with E-state index >= 15 is 0 Å². The second-order valence-electron chi connectivity index (χ2n) is 6.83. The molecule has 0 aliphatic heterocycles. The minimum atomic E-state index is -0.453. The number of benzene rings is 2. The molecule has 3 rings (SSSR count). The quantitative estimate of drug-likeness (QED) is 0.609. The van der Waals surface area contributed by atoms with E-state index in [1.54, 1.807) is 18.2 Å². The van der Waals surface area contributed by atoms with Crippen LogP contribution >= 0.6 is 0 Å². The van der Waals surface area contributed by atoms with Gasteiger partial charge in [-0.1, -0.05) is 54.8 Å². The first kappa shape index (κ1) is 17.9. The molecule has 1 amide bonds. The summed E-state index contributed by atoms with van der Waals surface area (Å²) in [7, 11) is 0. The number of rotatable bonds is 6. The number of amides is 1. The Kier molecular flexibility index (Phi) is 5.21. The van der Waals surface area contributed by atoms with Crippen LogP contribution in [0.1, 0.15) is 36.8 Å². The number of para-hydroxylation sites is 2. The highest BCUT2D eigenvalue weighted by Gasteiger charge is 2.36. The molecule has 2 aromatic rings. The van der Waals surface area contributed by atoms with Crippen LogP contribution in [0.3, 0.4) is 0 Å². The van der Waals surface area contributed by atoms with E-state index in [9.17, 15) is 14.9 Å². The van der Waals surface area contributed by atoms with Crippen LogP contribution < -0.4 is 10.6 Å². The molecule has 0 radical (unpaired) electrons. The highest BCUT2D eigenvalue weighted by molar-refractivity contribution is 5.82. The van der Waals surface area contributed by atoms with Crippen molar-refractivity contribution in [2.45, 2.75) is 38.1 Å². The average molecular weight is 353 g/mol. The van der Waals surface area contributed by atoms with Gasteiger partial charge in [0.1, 0.15) is 5.69 Å². The number of nitrogens with one attached hydrogen (secondary N) is 2. The molecule has 2 N–H and O–H groups in total. The van der Waals surface area contributed by atoms with Crippen LogP contribution in [0.25, 0.3) is 0 Å². The Morgan fingerprint density at radius 1 is 1.15 bits per heavy atom. The molecule has 0 heterocycles. The predicted octanol–water partition coefficient (Wildman–Crippen LogP) is 3.90. The molecule has 0 atom stereocenters. The number of nitrogens with zero attached hydrogens (tertiary/aromatic N) is 1. The van der Waals surface area contributed by atoms with Crippen LogP contribution in [0.2, 0.25) is 0 Å². The zero-order valence-electron chi connectivity index (χ0n) is 14.8. The molecule has 0 unspecified atom stereocenters. The van der Waals surface area contributed by atoms with Crippen LogP contribution in [0.4, 0.5) is 11.4 Å². The molecule has 1 fully saturated rings. The SMILES string of the molecule is Cc1cccc(C2(NC(=O)CNc3ccccc3[N+](=O)[O-])CCCC2)c1. The Morgan fingerprint density at radius 2 is 1.88 bits per heavy atom. The van der Waals surface area contributed by atoms with Gasteiger partial charge in [0.05, 0.1) is 17.0 Å². The second-order valence-corrected chi connectivity index (χ2v) is 6.83. The molecule has 0 bridgehead atoms. The molecule has 6 nitrogen and oxygen atoms in total. The van der Waals surface area contributed by atoms with Crippen molar-refractivity contribution >= 4 is 17.3 Å². The highest BCUT2D eigenvalue weighted by Crippen LogP contribution is 2.39. The highest BCUT2D eigenvalue weighted by atomic mass is 16.6. The molecule has 0 spiro atoms. The topological polar surface area (TPSA) is 84.3 Å². The zero-order chi connectivity index (χ0) is 18.6. The van der Waals surface area contributed by atoms with E-state index in [-0.39, 0.29) is 23.7 Å². The zero-order valence-corrected chi connectivity index (χ0v) is 14.8. The number of anilines is 1. The lowest BCUT2D eigenvalue weighted by Crippen LogP contribution is -2.46. The second kappa shape index (κ2) is 7.56. The van der Waals surface area contributed by atoms with Gasteiger partial charge in [-0.2, -0.15) is 0 Å². The van der Waals surface area contributed by atoms with E-state index in [1.807, 2.05) is 19.1 Å². The molecule has 0 aromatic heterocycles. The third-order valence-corrected chi connectivity index (χ3v) is 4.95. The maximum atomic E-state index is 12.6. The number of hydrogen-bond donors (Lipinski definition) is 2. The summed E-state index contributed by atoms with van der Waals surface area (Å²) >= 11 is 0. The van der Waals surface area contributed by atoms with E-state index < -0.39 is 4.92 Å². The molecule has 6 heteroatoms. The van der Waals surface area contributed by atoms with Gasteiger partial charge >= 0.3 is 0 Å². The van der Waals surface area contributed by atoms with E-state index in [0.29, 0.717) is 5.69 Å². The van der Waals surface area contributed by atoms with Crippen molar-refractivity contribution in [1.82, 2.24) is 5.32 Å². The van der Waals surface area contributed by atoms with Crippen LogP contribution in [0, 0.1) is 17.0 Å². The Bertz CT molecular complexity index is 813. The third kappa shape index (κ3) is 3.85. The summed E-state index contributed by atoms with van der Waals surface area (Å²) in [5.41, 5.74) is 2.28. The van der Waals surface area contributed by atoms with Crippen molar-refractivity contribution < 1.29 is 9.72 Å². The lowest BCUT2D eigenvalue weighted by atomic mass is 9.87. The van der Waals surface area contributed by atoms with E-state index in [2.05, 4.69) is 22.8 Å². The first-order valence-corrected chi connectivity index (χ1v) is 8.86. The third-order valence-electron chi connectivity index (χ3n) is 4.95. The van der Waals surface area contributed by atoms with Gasteiger partial charge in [0.2, 0.25) is 5.91 Å². The largest absolute Gasteiger partial charge is 0.371 e. The van der Waals surface area contributed by atoms with Gasteiger partial charge in [-0.25, -0.2) is 0 Å². The van der Waals surface area contributed by atoms with Crippen molar-refractivity contribution in [2.75, 3.05) is 11.9 Å². The van der Waals surface area contributed by atoms with E-state index in [0.717, 1.165) is 31.2 Å². The van der Waals surface area contributed by atoms with Crippen LogP contribution in [0.5, 0.6) is 0 Å². The fraction of sp³-hybridized carbons (Fsp3) is 0.350. The standard InChI is InChI=1S/C20H23N3O3/c1-15-7-6-8-16(13-15)20(11-4-5-12-20)22-19(24)14-21-17-9-2-3-10-18(17)23(25)26/h2-3,6-10,13,21H,4-5,11-12,14H2,1H3,(H,22,24). The molecule has 1 saturated carbocycles. The van der Waals surface area contributed by atoms with Crippen molar-refractivity contribution in [1.29, 1.82) is 0 Å².